The summed E-state index contributed by atoms with van der Waals surface area (Å²) in [6, 6.07) is 15.9. The Morgan fingerprint density at radius 3 is 2.02 bits per heavy atom. The molecule has 0 unspecified atom stereocenters. The van der Waals surface area contributed by atoms with Crippen molar-refractivity contribution in [2.24, 2.45) is 5.41 Å². The van der Waals surface area contributed by atoms with Crippen molar-refractivity contribution in [1.82, 2.24) is 20.9 Å². The van der Waals surface area contributed by atoms with Gasteiger partial charge in [0.2, 0.25) is 23.6 Å². The number of hydrogen-bond acceptors (Lipinski definition) is 5. The Labute approximate surface area is 262 Å². The average Bonchev–Trinajstić information content (AvgIpc) is 3.46. The molecule has 2 aromatic rings. The minimum atomic E-state index is -1.61. The van der Waals surface area contributed by atoms with Gasteiger partial charge >= 0.3 is 0 Å². The van der Waals surface area contributed by atoms with Gasteiger partial charge in [0.25, 0.3) is 0 Å². The van der Waals surface area contributed by atoms with Crippen LogP contribution in [0.2, 0.25) is 0 Å². The van der Waals surface area contributed by atoms with Crippen LogP contribution in [0.1, 0.15) is 97.2 Å². The van der Waals surface area contributed by atoms with Crippen LogP contribution >= 0.6 is 0 Å². The number of benzene rings is 2. The zero-order valence-electron chi connectivity index (χ0n) is 27.2. The lowest BCUT2D eigenvalue weighted by atomic mass is 9.89. The number of hydrogen-bond donors (Lipinski definition) is 4. The highest BCUT2D eigenvalue weighted by Gasteiger charge is 2.39. The van der Waals surface area contributed by atoms with Gasteiger partial charge in [0.15, 0.2) is 0 Å². The number of nitrogens with one attached hydrogen (secondary N) is 3. The van der Waals surface area contributed by atoms with Crippen LogP contribution in [0.25, 0.3) is 0 Å². The number of likely N-dealkylation sites (tertiary alicyclic amines) is 1. The largest absolute Gasteiger partial charge is 0.388 e. The number of amides is 4. The molecule has 9 heteroatoms. The monoisotopic (exact) mass is 606 g/mol. The van der Waals surface area contributed by atoms with E-state index in [-0.39, 0.29) is 29.7 Å². The molecule has 1 heterocycles. The van der Waals surface area contributed by atoms with Crippen molar-refractivity contribution in [3.63, 3.8) is 0 Å². The second kappa shape index (κ2) is 14.8. The zero-order valence-corrected chi connectivity index (χ0v) is 27.2. The van der Waals surface area contributed by atoms with E-state index in [4.69, 9.17) is 0 Å². The molecule has 4 N–H and O–H groups in total. The molecule has 240 valence electrons. The fraction of sp³-hybridized carbons (Fsp3) is 0.543. The molecule has 44 heavy (non-hydrogen) atoms. The molecule has 1 aliphatic heterocycles. The van der Waals surface area contributed by atoms with Gasteiger partial charge in [-0.2, -0.15) is 0 Å². The van der Waals surface area contributed by atoms with E-state index in [1.165, 1.54) is 13.8 Å². The van der Waals surface area contributed by atoms with Crippen molar-refractivity contribution in [3.8, 4) is 0 Å². The van der Waals surface area contributed by atoms with Crippen molar-refractivity contribution in [2.75, 3.05) is 6.54 Å². The van der Waals surface area contributed by atoms with Crippen LogP contribution in [-0.4, -0.2) is 63.9 Å². The molecule has 9 nitrogen and oxygen atoms in total. The third kappa shape index (κ3) is 9.64. The Morgan fingerprint density at radius 1 is 0.864 bits per heavy atom. The molecule has 0 aliphatic carbocycles. The minimum Gasteiger partial charge on any atom is -0.388 e. The maximum Gasteiger partial charge on any atom is 0.246 e. The lowest BCUT2D eigenvalue weighted by Crippen LogP contribution is -2.62. The van der Waals surface area contributed by atoms with Crippen LogP contribution < -0.4 is 16.0 Å². The second-order valence-corrected chi connectivity index (χ2v) is 13.7. The SMILES string of the molecule is C[C@@H](NC(=O)[C@@H](NC(=O)[C@@H](NC(=O)CCC(C)(C)C)C(C)(C)O)[C@@H](C)c1ccccc1)C(=O)N1CCC[C@@H]1c1ccccc1. The van der Waals surface area contributed by atoms with Gasteiger partial charge in [-0.05, 0) is 56.6 Å². The summed E-state index contributed by atoms with van der Waals surface area (Å²) in [5.41, 5.74) is 0.179. The van der Waals surface area contributed by atoms with Crippen LogP contribution in [0.3, 0.4) is 0 Å². The molecule has 2 aromatic carbocycles. The maximum atomic E-state index is 13.8. The predicted octanol–water partition coefficient (Wildman–Crippen LogP) is 4.23. The van der Waals surface area contributed by atoms with Gasteiger partial charge in [-0.15, -0.1) is 0 Å². The molecule has 1 fully saturated rings. The van der Waals surface area contributed by atoms with Crippen LogP contribution in [0, 0.1) is 5.41 Å². The Kier molecular flexibility index (Phi) is 11.7. The first-order chi connectivity index (χ1) is 20.6. The lowest BCUT2D eigenvalue weighted by molar-refractivity contribution is -0.139. The van der Waals surface area contributed by atoms with Crippen LogP contribution in [0.5, 0.6) is 0 Å². The summed E-state index contributed by atoms with van der Waals surface area (Å²) in [6.45, 7) is 13.0. The van der Waals surface area contributed by atoms with E-state index in [1.54, 1.807) is 6.92 Å². The highest BCUT2D eigenvalue weighted by Crippen LogP contribution is 2.32. The highest BCUT2D eigenvalue weighted by molar-refractivity contribution is 5.95. The lowest BCUT2D eigenvalue weighted by Gasteiger charge is -2.33. The van der Waals surface area contributed by atoms with Crippen LogP contribution in [0.15, 0.2) is 60.7 Å². The highest BCUT2D eigenvalue weighted by atomic mass is 16.3. The number of carbonyl (C=O) groups is 4. The quantitative estimate of drug-likeness (QED) is 0.288. The van der Waals surface area contributed by atoms with Gasteiger partial charge in [0.05, 0.1) is 11.6 Å². The third-order valence-electron chi connectivity index (χ3n) is 8.23. The Bertz CT molecular complexity index is 1270. The molecular formula is C35H50N4O5. The van der Waals surface area contributed by atoms with Crippen molar-refractivity contribution in [2.45, 2.75) is 110 Å². The van der Waals surface area contributed by atoms with Crippen molar-refractivity contribution >= 4 is 23.6 Å². The van der Waals surface area contributed by atoms with Gasteiger partial charge in [0.1, 0.15) is 18.1 Å². The van der Waals surface area contributed by atoms with E-state index in [0.29, 0.717) is 13.0 Å². The van der Waals surface area contributed by atoms with Crippen LogP contribution in [0.4, 0.5) is 0 Å². The first-order valence-electron chi connectivity index (χ1n) is 15.6. The molecule has 0 aromatic heterocycles. The molecule has 0 spiro atoms. The van der Waals surface area contributed by atoms with Gasteiger partial charge in [-0.1, -0.05) is 88.4 Å². The second-order valence-electron chi connectivity index (χ2n) is 13.7. The minimum absolute atomic E-state index is 0.0590. The van der Waals surface area contributed by atoms with Crippen molar-refractivity contribution in [1.29, 1.82) is 0 Å². The molecule has 1 aliphatic rings. The zero-order chi connectivity index (χ0) is 32.7. The van der Waals surface area contributed by atoms with Crippen LogP contribution in [-0.2, 0) is 19.2 Å². The van der Waals surface area contributed by atoms with E-state index in [0.717, 1.165) is 24.0 Å². The van der Waals surface area contributed by atoms with E-state index in [1.807, 2.05) is 93.3 Å². The molecule has 3 rings (SSSR count). The summed E-state index contributed by atoms with van der Waals surface area (Å²) in [6.07, 6.45) is 2.51. The summed E-state index contributed by atoms with van der Waals surface area (Å²) < 4.78 is 0. The molecule has 0 radical (unpaired) electrons. The summed E-state index contributed by atoms with van der Waals surface area (Å²) in [7, 11) is 0. The van der Waals surface area contributed by atoms with Gasteiger partial charge in [-0.25, -0.2) is 0 Å². The molecule has 5 atom stereocenters. The van der Waals surface area contributed by atoms with E-state index in [2.05, 4.69) is 16.0 Å². The first kappa shape index (κ1) is 34.8. The van der Waals surface area contributed by atoms with Gasteiger partial charge in [-0.3, -0.25) is 19.2 Å². The fourth-order valence-corrected chi connectivity index (χ4v) is 5.55. The van der Waals surface area contributed by atoms with E-state index >= 15 is 0 Å². The van der Waals surface area contributed by atoms with E-state index < -0.39 is 41.5 Å². The Hall–Kier alpha value is -3.72. The van der Waals surface area contributed by atoms with Gasteiger partial charge < -0.3 is 26.0 Å². The van der Waals surface area contributed by atoms with Crippen molar-refractivity contribution in [3.05, 3.63) is 71.8 Å². The van der Waals surface area contributed by atoms with Crippen molar-refractivity contribution < 1.29 is 24.3 Å². The predicted molar refractivity (Wildman–Crippen MR) is 171 cm³/mol. The molecule has 1 saturated heterocycles. The number of aliphatic hydroxyl groups is 1. The Balaban J connectivity index is 1.80. The number of nitrogens with zero attached hydrogens (tertiary/aromatic N) is 1. The summed E-state index contributed by atoms with van der Waals surface area (Å²) in [5.74, 6) is -2.25. The molecule has 0 bridgehead atoms. The molecule has 4 amide bonds. The normalized spacial score (nSPS) is 18.1. The van der Waals surface area contributed by atoms with E-state index in [9.17, 15) is 24.3 Å². The average molecular weight is 607 g/mol. The summed E-state index contributed by atoms with van der Waals surface area (Å²) in [5, 5.41) is 19.2. The Morgan fingerprint density at radius 2 is 1.45 bits per heavy atom. The van der Waals surface area contributed by atoms with Gasteiger partial charge in [0, 0.05) is 18.9 Å². The summed E-state index contributed by atoms with van der Waals surface area (Å²) >= 11 is 0. The smallest absolute Gasteiger partial charge is 0.246 e. The topological polar surface area (TPSA) is 128 Å². The molecule has 0 saturated carbocycles. The molecular weight excluding hydrogens is 556 g/mol. The number of carbonyl (C=O) groups excluding carboxylic acids is 4. The number of rotatable bonds is 12. The third-order valence-corrected chi connectivity index (χ3v) is 8.23. The summed E-state index contributed by atoms with van der Waals surface area (Å²) in [4.78, 5) is 55.7. The fourth-order valence-electron chi connectivity index (χ4n) is 5.55. The standard InChI is InChI=1S/C35H50N4O5/c1-23(25-15-10-8-11-16-25)29(38-32(42)30(35(6,7)44)37-28(40)20-21-34(3,4)5)31(41)36-24(2)33(43)39-22-14-19-27(39)26-17-12-9-13-18-26/h8-13,15-18,23-24,27,29-30,44H,14,19-22H2,1-7H3,(H,36,41)(H,37,40)(H,38,42)/t23-,24+,27+,29-,30+/m0/s1. The maximum absolute atomic E-state index is 13.8. The first-order valence-corrected chi connectivity index (χ1v) is 15.6.